The summed E-state index contributed by atoms with van der Waals surface area (Å²) in [7, 11) is 1.54. The third-order valence-electron chi connectivity index (χ3n) is 5.18. The summed E-state index contributed by atoms with van der Waals surface area (Å²) in [6.07, 6.45) is 3.36. The monoisotopic (exact) mass is 421 g/mol. The number of methoxy groups -OCH3 is 1. The van der Waals surface area contributed by atoms with Crippen molar-refractivity contribution in [1.82, 2.24) is 24.9 Å². The number of nitrogens with zero attached hydrogens (tertiary/aromatic N) is 4. The second kappa shape index (κ2) is 7.73. The number of rotatable bonds is 5. The normalized spacial score (nSPS) is 18.4. The smallest absolute Gasteiger partial charge is 0.287 e. The molecule has 2 unspecified atom stereocenters. The molecular formula is C21H19N5O5. The van der Waals surface area contributed by atoms with Crippen LogP contribution in [-0.4, -0.2) is 51.8 Å². The van der Waals surface area contributed by atoms with Gasteiger partial charge in [0, 0.05) is 23.8 Å². The van der Waals surface area contributed by atoms with E-state index in [0.29, 0.717) is 17.2 Å². The van der Waals surface area contributed by atoms with Gasteiger partial charge in [-0.25, -0.2) is 9.36 Å². The molecule has 1 aromatic carbocycles. The van der Waals surface area contributed by atoms with Crippen molar-refractivity contribution >= 4 is 16.9 Å². The van der Waals surface area contributed by atoms with E-state index in [2.05, 4.69) is 15.5 Å². The maximum atomic E-state index is 12.9. The van der Waals surface area contributed by atoms with Crippen LogP contribution in [0, 0.1) is 0 Å². The van der Waals surface area contributed by atoms with Crippen LogP contribution >= 0.6 is 0 Å². The molecule has 3 aromatic heterocycles. The molecule has 158 valence electrons. The van der Waals surface area contributed by atoms with Gasteiger partial charge in [0.25, 0.3) is 11.5 Å². The molecule has 0 radical (unpaired) electrons. The molecule has 1 aliphatic rings. The van der Waals surface area contributed by atoms with E-state index < -0.39 is 18.0 Å². The Labute approximate surface area is 176 Å². The molecule has 4 aromatic rings. The van der Waals surface area contributed by atoms with E-state index in [1.165, 1.54) is 10.7 Å². The van der Waals surface area contributed by atoms with Gasteiger partial charge in [0.2, 0.25) is 0 Å². The van der Waals surface area contributed by atoms with Crippen molar-refractivity contribution in [2.24, 2.45) is 0 Å². The van der Waals surface area contributed by atoms with Crippen LogP contribution in [0.15, 0.2) is 64.1 Å². The highest BCUT2D eigenvalue weighted by Crippen LogP contribution is 2.28. The van der Waals surface area contributed by atoms with Crippen molar-refractivity contribution in [3.8, 4) is 11.6 Å². The average molecular weight is 421 g/mol. The zero-order valence-electron chi connectivity index (χ0n) is 16.6. The van der Waals surface area contributed by atoms with Crippen molar-refractivity contribution in [2.45, 2.75) is 12.1 Å². The minimum atomic E-state index is -0.467. The second-order valence-corrected chi connectivity index (χ2v) is 7.10. The number of hydrogen-bond donors (Lipinski definition) is 1. The Kier molecular flexibility index (Phi) is 4.75. The molecule has 1 N–H and O–H groups in total. The summed E-state index contributed by atoms with van der Waals surface area (Å²) in [5.41, 5.74) is 0.207. The minimum Gasteiger partial charge on any atom is -0.493 e. The van der Waals surface area contributed by atoms with Crippen LogP contribution in [-0.2, 0) is 4.74 Å². The summed E-state index contributed by atoms with van der Waals surface area (Å²) in [6, 6.07) is 10.9. The number of nitrogens with one attached hydrogen (secondary N) is 1. The van der Waals surface area contributed by atoms with Gasteiger partial charge in [-0.1, -0.05) is 12.1 Å². The fraction of sp³-hybridized carbons (Fsp3) is 0.238. The zero-order valence-corrected chi connectivity index (χ0v) is 16.6. The third-order valence-corrected chi connectivity index (χ3v) is 5.18. The number of fused-ring (bicyclic) bond motifs is 1. The van der Waals surface area contributed by atoms with Gasteiger partial charge in [-0.15, -0.1) is 5.10 Å². The van der Waals surface area contributed by atoms with E-state index in [0.717, 1.165) is 5.39 Å². The number of benzene rings is 1. The predicted octanol–water partition coefficient (Wildman–Crippen LogP) is 1.55. The number of amides is 1. The minimum absolute atomic E-state index is 0.149. The number of para-hydroxylation sites is 1. The van der Waals surface area contributed by atoms with Gasteiger partial charge in [-0.2, -0.15) is 5.10 Å². The third kappa shape index (κ3) is 3.46. The largest absolute Gasteiger partial charge is 0.493 e. The lowest BCUT2D eigenvalue weighted by Gasteiger charge is -2.20. The van der Waals surface area contributed by atoms with Crippen molar-refractivity contribution in [3.63, 3.8) is 0 Å². The highest BCUT2D eigenvalue weighted by Gasteiger charge is 2.33. The summed E-state index contributed by atoms with van der Waals surface area (Å²) < 4.78 is 19.4. The molecule has 10 heteroatoms. The van der Waals surface area contributed by atoms with Crippen molar-refractivity contribution < 1.29 is 18.7 Å². The number of ether oxygens (including phenoxy) is 2. The Morgan fingerprint density at radius 1 is 1.23 bits per heavy atom. The van der Waals surface area contributed by atoms with Crippen LogP contribution in [0.4, 0.5) is 0 Å². The Bertz CT molecular complexity index is 1290. The number of carbonyl (C=O) groups excluding carboxylic acids is 1. The van der Waals surface area contributed by atoms with E-state index in [1.807, 2.05) is 12.1 Å². The Morgan fingerprint density at radius 2 is 2.13 bits per heavy atom. The molecule has 1 saturated heterocycles. The Morgan fingerprint density at radius 3 is 2.94 bits per heavy atom. The van der Waals surface area contributed by atoms with Crippen LogP contribution in [0.5, 0.6) is 5.75 Å². The lowest BCUT2D eigenvalue weighted by atomic mass is 10.1. The molecule has 2 atom stereocenters. The van der Waals surface area contributed by atoms with Crippen LogP contribution in [0.2, 0.25) is 0 Å². The van der Waals surface area contributed by atoms with E-state index in [4.69, 9.17) is 13.9 Å². The second-order valence-electron chi connectivity index (χ2n) is 7.10. The van der Waals surface area contributed by atoms with Gasteiger partial charge >= 0.3 is 0 Å². The first kappa shape index (κ1) is 19.1. The topological polar surface area (TPSA) is 113 Å². The molecule has 0 saturated carbocycles. The number of carbonyl (C=O) groups is 1. The van der Waals surface area contributed by atoms with Gasteiger partial charge in [-0.05, 0) is 24.3 Å². The fourth-order valence-electron chi connectivity index (χ4n) is 3.65. The molecule has 10 nitrogen and oxygen atoms in total. The predicted molar refractivity (Wildman–Crippen MR) is 109 cm³/mol. The molecule has 5 rings (SSSR count). The summed E-state index contributed by atoms with van der Waals surface area (Å²) in [5, 5.41) is 12.2. The quantitative estimate of drug-likeness (QED) is 0.520. The van der Waals surface area contributed by atoms with E-state index in [1.54, 1.807) is 48.5 Å². The highest BCUT2D eigenvalue weighted by atomic mass is 16.5. The first-order valence-corrected chi connectivity index (χ1v) is 9.69. The SMILES string of the molecule is COc1cccc2cc(C(=O)NC3COCC3n3nc(-n4cccn4)ccc3=O)oc12. The van der Waals surface area contributed by atoms with Gasteiger partial charge < -0.3 is 19.2 Å². The molecular weight excluding hydrogens is 402 g/mol. The van der Waals surface area contributed by atoms with Gasteiger partial charge in [-0.3, -0.25) is 9.59 Å². The average Bonchev–Trinajstić information content (AvgIpc) is 3.54. The lowest BCUT2D eigenvalue weighted by Crippen LogP contribution is -2.44. The summed E-state index contributed by atoms with van der Waals surface area (Å²) >= 11 is 0. The van der Waals surface area contributed by atoms with E-state index >= 15 is 0 Å². The summed E-state index contributed by atoms with van der Waals surface area (Å²) in [4.78, 5) is 25.3. The van der Waals surface area contributed by atoms with Crippen molar-refractivity contribution in [3.05, 3.63) is 71.0 Å². The standard InChI is InChI=1S/C21H19N5O5/c1-29-16-5-2-4-13-10-17(31-20(13)16)21(28)23-14-11-30-12-15(14)26-19(27)7-6-18(24-26)25-9-3-8-22-25/h2-10,14-15H,11-12H2,1H3,(H,23,28). The number of furan rings is 1. The van der Waals surface area contributed by atoms with Gasteiger partial charge in [0.15, 0.2) is 22.9 Å². The van der Waals surface area contributed by atoms with Crippen molar-refractivity contribution in [2.75, 3.05) is 20.3 Å². The molecule has 0 bridgehead atoms. The molecule has 1 fully saturated rings. The lowest BCUT2D eigenvalue weighted by molar-refractivity contribution is 0.0898. The van der Waals surface area contributed by atoms with Crippen LogP contribution in [0.1, 0.15) is 16.6 Å². The van der Waals surface area contributed by atoms with Crippen LogP contribution in [0.25, 0.3) is 16.8 Å². The molecule has 0 spiro atoms. The van der Waals surface area contributed by atoms with Crippen LogP contribution in [0.3, 0.4) is 0 Å². The molecule has 0 aliphatic carbocycles. The zero-order chi connectivity index (χ0) is 21.4. The maximum absolute atomic E-state index is 12.9. The summed E-state index contributed by atoms with van der Waals surface area (Å²) in [6.45, 7) is 0.494. The van der Waals surface area contributed by atoms with Crippen LogP contribution < -0.4 is 15.6 Å². The highest BCUT2D eigenvalue weighted by molar-refractivity contribution is 5.97. The number of hydrogen-bond acceptors (Lipinski definition) is 7. The first-order valence-electron chi connectivity index (χ1n) is 9.69. The Balaban J connectivity index is 1.41. The van der Waals surface area contributed by atoms with Gasteiger partial charge in [0.05, 0.1) is 26.4 Å². The first-order chi connectivity index (χ1) is 15.1. The Hall–Kier alpha value is -3.92. The van der Waals surface area contributed by atoms with E-state index in [9.17, 15) is 9.59 Å². The number of aromatic nitrogens is 4. The molecule has 4 heterocycles. The van der Waals surface area contributed by atoms with Gasteiger partial charge in [0.1, 0.15) is 6.04 Å². The molecule has 1 amide bonds. The van der Waals surface area contributed by atoms with E-state index in [-0.39, 0.29) is 24.5 Å². The summed E-state index contributed by atoms with van der Waals surface area (Å²) in [5.74, 6) is 0.779. The van der Waals surface area contributed by atoms with Crippen molar-refractivity contribution in [1.29, 1.82) is 0 Å². The molecule has 31 heavy (non-hydrogen) atoms. The fourth-order valence-corrected chi connectivity index (χ4v) is 3.65. The maximum Gasteiger partial charge on any atom is 0.287 e. The molecule has 1 aliphatic heterocycles.